The first-order chi connectivity index (χ1) is 24.8. The molecule has 0 radical (unpaired) electrons. The highest BCUT2D eigenvalue weighted by atomic mass is 14.6. The molecule has 0 fully saturated rings. The molecule has 0 bridgehead atoms. The molecular weight excluding hydrogens is 607 g/mol. The molecule has 3 aromatic heterocycles. The molecule has 10 rings (SSSR count). The fraction of sp³-hybridized carbons (Fsp3) is 0. The van der Waals surface area contributed by atoms with Crippen molar-refractivity contribution in [3.63, 3.8) is 0 Å². The van der Waals surface area contributed by atoms with E-state index in [4.69, 9.17) is 0 Å². The van der Waals surface area contributed by atoms with Gasteiger partial charge in [0.1, 0.15) is 0 Å². The van der Waals surface area contributed by atoms with Gasteiger partial charge in [-0.15, -0.1) is 0 Å². The maximum Gasteiger partial charge on any atom is 0.0346 e. The highest BCUT2D eigenvalue weighted by Gasteiger charge is 2.23. The SMILES string of the molecule is c1cncc(-c2c3ccccc3c(-c3cccnc3)c3cc4c(cc23)c(-c2cccnc2)c(-c2cccc3ccccc23)c2ccccc24)c1. The predicted molar refractivity (Wildman–Crippen MR) is 209 cm³/mol. The van der Waals surface area contributed by atoms with Gasteiger partial charge in [0, 0.05) is 53.9 Å². The molecule has 3 nitrogen and oxygen atoms in total. The third kappa shape index (κ3) is 4.34. The number of nitrogens with zero attached hydrogens (tertiary/aromatic N) is 3. The van der Waals surface area contributed by atoms with Crippen molar-refractivity contribution in [2.24, 2.45) is 0 Å². The molecule has 3 heteroatoms. The molecule has 232 valence electrons. The van der Waals surface area contributed by atoms with Crippen LogP contribution in [0.25, 0.3) is 98.4 Å². The molecule has 0 atom stereocenters. The average Bonchev–Trinajstić information content (AvgIpc) is 3.19. The number of hydrogen-bond acceptors (Lipinski definition) is 3. The molecule has 0 aliphatic carbocycles. The van der Waals surface area contributed by atoms with Crippen LogP contribution in [0, 0.1) is 0 Å². The number of rotatable bonds is 4. The highest BCUT2D eigenvalue weighted by Crippen LogP contribution is 2.50. The quantitative estimate of drug-likeness (QED) is 0.143. The summed E-state index contributed by atoms with van der Waals surface area (Å²) in [5.41, 5.74) is 9.23. The van der Waals surface area contributed by atoms with E-state index in [-0.39, 0.29) is 0 Å². The summed E-state index contributed by atoms with van der Waals surface area (Å²) >= 11 is 0. The molecule has 0 aliphatic heterocycles. The lowest BCUT2D eigenvalue weighted by Crippen LogP contribution is -1.96. The lowest BCUT2D eigenvalue weighted by atomic mass is 9.81. The van der Waals surface area contributed by atoms with Crippen LogP contribution < -0.4 is 0 Å². The fourth-order valence-corrected chi connectivity index (χ4v) is 8.03. The van der Waals surface area contributed by atoms with Crippen LogP contribution in [-0.4, -0.2) is 15.0 Å². The summed E-state index contributed by atoms with van der Waals surface area (Å²) in [7, 11) is 0. The number of benzene rings is 7. The summed E-state index contributed by atoms with van der Waals surface area (Å²) in [6.07, 6.45) is 11.5. The molecule has 0 spiro atoms. The van der Waals surface area contributed by atoms with E-state index in [2.05, 4.69) is 136 Å². The number of fused-ring (bicyclic) bond motifs is 6. The first-order valence-corrected chi connectivity index (χ1v) is 16.9. The Bertz CT molecular complexity index is 2900. The normalized spacial score (nSPS) is 11.6. The Morgan fingerprint density at radius 3 is 1.28 bits per heavy atom. The summed E-state index contributed by atoms with van der Waals surface area (Å²) in [6, 6.07) is 50.4. The Labute approximate surface area is 289 Å². The van der Waals surface area contributed by atoms with E-state index < -0.39 is 0 Å². The minimum Gasteiger partial charge on any atom is -0.264 e. The van der Waals surface area contributed by atoms with Gasteiger partial charge in [0.2, 0.25) is 0 Å². The Hall–Kier alpha value is -6.71. The van der Waals surface area contributed by atoms with E-state index in [1.807, 2.05) is 55.4 Å². The standard InChI is InChI=1S/C47H29N3/c1-2-16-34-30(11-1)12-7-21-36(34)47-37-18-4-3-17-35(37)40-25-42-43(26-41(40)46(47)33-15-10-24-50-29-33)45(32-14-9-23-49-28-32)39-20-6-5-19-38(39)44(42)31-13-8-22-48-27-31/h1-29H. The summed E-state index contributed by atoms with van der Waals surface area (Å²) < 4.78 is 0. The Morgan fingerprint density at radius 2 is 0.720 bits per heavy atom. The summed E-state index contributed by atoms with van der Waals surface area (Å²) in [5, 5.41) is 12.0. The summed E-state index contributed by atoms with van der Waals surface area (Å²) in [4.78, 5) is 13.8. The highest BCUT2D eigenvalue weighted by molar-refractivity contribution is 6.29. The largest absolute Gasteiger partial charge is 0.264 e. The van der Waals surface area contributed by atoms with Gasteiger partial charge in [0.05, 0.1) is 0 Å². The second-order valence-corrected chi connectivity index (χ2v) is 12.8. The maximum atomic E-state index is 4.65. The third-order valence-electron chi connectivity index (χ3n) is 10.1. The first-order valence-electron chi connectivity index (χ1n) is 16.9. The topological polar surface area (TPSA) is 38.7 Å². The number of aromatic nitrogens is 3. The van der Waals surface area contributed by atoms with Gasteiger partial charge in [0.15, 0.2) is 0 Å². The van der Waals surface area contributed by atoms with Crippen LogP contribution in [0.5, 0.6) is 0 Å². The van der Waals surface area contributed by atoms with Gasteiger partial charge in [-0.25, -0.2) is 0 Å². The van der Waals surface area contributed by atoms with Crippen LogP contribution in [0.15, 0.2) is 177 Å². The molecule has 0 saturated heterocycles. The second-order valence-electron chi connectivity index (χ2n) is 12.8. The number of hydrogen-bond donors (Lipinski definition) is 0. The van der Waals surface area contributed by atoms with Crippen molar-refractivity contribution in [2.45, 2.75) is 0 Å². The van der Waals surface area contributed by atoms with E-state index in [0.29, 0.717) is 0 Å². The minimum absolute atomic E-state index is 1.08. The first kappa shape index (κ1) is 28.3. The van der Waals surface area contributed by atoms with Crippen LogP contribution in [0.4, 0.5) is 0 Å². The Balaban J connectivity index is 1.49. The van der Waals surface area contributed by atoms with Gasteiger partial charge < -0.3 is 0 Å². The van der Waals surface area contributed by atoms with Crippen molar-refractivity contribution in [2.75, 3.05) is 0 Å². The van der Waals surface area contributed by atoms with Crippen LogP contribution >= 0.6 is 0 Å². The van der Waals surface area contributed by atoms with Crippen LogP contribution in [0.3, 0.4) is 0 Å². The molecule has 7 aromatic carbocycles. The predicted octanol–water partition coefficient (Wildman–Crippen LogP) is 12.3. The molecule has 10 aromatic rings. The molecule has 3 heterocycles. The van der Waals surface area contributed by atoms with E-state index in [1.54, 1.807) is 0 Å². The Morgan fingerprint density at radius 1 is 0.280 bits per heavy atom. The molecule has 0 N–H and O–H groups in total. The maximum absolute atomic E-state index is 4.65. The molecule has 50 heavy (non-hydrogen) atoms. The lowest BCUT2D eigenvalue weighted by Gasteiger charge is -2.22. The fourth-order valence-electron chi connectivity index (χ4n) is 8.03. The third-order valence-corrected chi connectivity index (χ3v) is 10.1. The monoisotopic (exact) mass is 635 g/mol. The van der Waals surface area contributed by atoms with Gasteiger partial charge in [0.25, 0.3) is 0 Å². The molecule has 0 aliphatic rings. The number of pyridine rings is 3. The van der Waals surface area contributed by atoms with Crippen LogP contribution in [0.1, 0.15) is 0 Å². The van der Waals surface area contributed by atoms with E-state index >= 15 is 0 Å². The van der Waals surface area contributed by atoms with Gasteiger partial charge in [-0.2, -0.15) is 0 Å². The van der Waals surface area contributed by atoms with E-state index in [1.165, 1.54) is 81.7 Å². The molecular formula is C47H29N3. The molecule has 0 saturated carbocycles. The van der Waals surface area contributed by atoms with Crippen LogP contribution in [0.2, 0.25) is 0 Å². The van der Waals surface area contributed by atoms with Gasteiger partial charge in [-0.1, -0.05) is 109 Å². The average molecular weight is 636 g/mol. The summed E-state index contributed by atoms with van der Waals surface area (Å²) in [6.45, 7) is 0. The molecule has 0 amide bonds. The van der Waals surface area contributed by atoms with Crippen molar-refractivity contribution < 1.29 is 0 Å². The van der Waals surface area contributed by atoms with E-state index in [0.717, 1.165) is 16.7 Å². The lowest BCUT2D eigenvalue weighted by molar-refractivity contribution is 1.33. The second kappa shape index (κ2) is 11.5. The zero-order valence-corrected chi connectivity index (χ0v) is 27.1. The summed E-state index contributed by atoms with van der Waals surface area (Å²) in [5.74, 6) is 0. The smallest absolute Gasteiger partial charge is 0.0346 e. The minimum atomic E-state index is 1.08. The zero-order valence-electron chi connectivity index (χ0n) is 27.1. The van der Waals surface area contributed by atoms with E-state index in [9.17, 15) is 0 Å². The van der Waals surface area contributed by atoms with Crippen LogP contribution in [-0.2, 0) is 0 Å². The van der Waals surface area contributed by atoms with Gasteiger partial charge in [-0.3, -0.25) is 15.0 Å². The Kier molecular flexibility index (Phi) is 6.49. The van der Waals surface area contributed by atoms with Crippen molar-refractivity contribution >= 4 is 53.9 Å². The van der Waals surface area contributed by atoms with Gasteiger partial charge >= 0.3 is 0 Å². The molecule has 0 unspecified atom stereocenters. The van der Waals surface area contributed by atoms with Gasteiger partial charge in [-0.05, 0) is 112 Å². The zero-order chi connectivity index (χ0) is 33.0. The van der Waals surface area contributed by atoms with Crippen molar-refractivity contribution in [1.82, 2.24) is 15.0 Å². The van der Waals surface area contributed by atoms with Crippen molar-refractivity contribution in [3.8, 4) is 44.5 Å². The van der Waals surface area contributed by atoms with Crippen molar-refractivity contribution in [3.05, 3.63) is 177 Å². The van der Waals surface area contributed by atoms with Crippen molar-refractivity contribution in [1.29, 1.82) is 0 Å².